The zero-order valence-corrected chi connectivity index (χ0v) is 10.2. The minimum Gasteiger partial charge on any atom is -0.385 e. The molecular weight excluding hydrogens is 228 g/mol. The van der Waals surface area contributed by atoms with Crippen LogP contribution in [-0.2, 0) is 4.74 Å². The fraction of sp³-hybridized carbons (Fsp3) is 0.545. The fourth-order valence-electron chi connectivity index (χ4n) is 1.34. The van der Waals surface area contributed by atoms with Gasteiger partial charge in [0.25, 0.3) is 0 Å². The summed E-state index contributed by atoms with van der Waals surface area (Å²) in [5, 5.41) is 5.44. The number of anilines is 2. The predicted octanol–water partition coefficient (Wildman–Crippen LogP) is 2.24. The van der Waals surface area contributed by atoms with Gasteiger partial charge in [-0.2, -0.15) is 0 Å². The van der Waals surface area contributed by atoms with Crippen molar-refractivity contribution in [2.75, 3.05) is 31.4 Å². The van der Waals surface area contributed by atoms with Gasteiger partial charge >= 0.3 is 0 Å². The van der Waals surface area contributed by atoms with E-state index in [1.807, 2.05) is 6.92 Å². The summed E-state index contributed by atoms with van der Waals surface area (Å²) in [5.41, 5.74) is 0. The van der Waals surface area contributed by atoms with Crippen molar-refractivity contribution in [1.82, 2.24) is 4.98 Å². The second-order valence-corrected chi connectivity index (χ2v) is 3.73. The summed E-state index contributed by atoms with van der Waals surface area (Å²) in [6, 6.07) is 0.802. The standard InChI is InChI=1S/C11H17F2N3O/c1-7(4-5-17-3)15-11-9(13)6-8(12)10(14-2)16-11/h6-7H,4-5H2,1-3H3,(H2,14,15,16). The number of ether oxygens (including phenoxy) is 1. The molecule has 1 aromatic rings. The maximum atomic E-state index is 13.4. The smallest absolute Gasteiger partial charge is 0.168 e. The van der Waals surface area contributed by atoms with E-state index in [2.05, 4.69) is 15.6 Å². The number of hydrogen-bond donors (Lipinski definition) is 2. The summed E-state index contributed by atoms with van der Waals surface area (Å²) >= 11 is 0. The first-order valence-electron chi connectivity index (χ1n) is 5.37. The normalized spacial score (nSPS) is 12.3. The van der Waals surface area contributed by atoms with Crippen molar-refractivity contribution in [3.8, 4) is 0 Å². The molecule has 0 aliphatic carbocycles. The molecule has 0 fully saturated rings. The maximum absolute atomic E-state index is 13.4. The summed E-state index contributed by atoms with van der Waals surface area (Å²) in [5.74, 6) is -1.35. The summed E-state index contributed by atoms with van der Waals surface area (Å²) in [7, 11) is 3.13. The Morgan fingerprint density at radius 2 is 2.00 bits per heavy atom. The van der Waals surface area contributed by atoms with E-state index in [4.69, 9.17) is 4.74 Å². The van der Waals surface area contributed by atoms with Gasteiger partial charge in [-0.3, -0.25) is 0 Å². The minimum atomic E-state index is -0.708. The van der Waals surface area contributed by atoms with Crippen molar-refractivity contribution in [3.05, 3.63) is 17.7 Å². The van der Waals surface area contributed by atoms with Crippen LogP contribution in [0.4, 0.5) is 20.4 Å². The average Bonchev–Trinajstić information content (AvgIpc) is 2.30. The van der Waals surface area contributed by atoms with Crippen LogP contribution in [0, 0.1) is 11.6 Å². The van der Waals surface area contributed by atoms with E-state index in [-0.39, 0.29) is 17.7 Å². The number of aromatic nitrogens is 1. The summed E-state index contributed by atoms with van der Waals surface area (Å²) in [4.78, 5) is 3.83. The molecule has 0 aromatic carbocycles. The number of methoxy groups -OCH3 is 1. The fourth-order valence-corrected chi connectivity index (χ4v) is 1.34. The van der Waals surface area contributed by atoms with Crippen molar-refractivity contribution in [1.29, 1.82) is 0 Å². The van der Waals surface area contributed by atoms with E-state index in [1.165, 1.54) is 7.05 Å². The Bertz CT molecular complexity index is 374. The molecule has 96 valence electrons. The first-order valence-corrected chi connectivity index (χ1v) is 5.37. The molecule has 1 unspecified atom stereocenters. The second kappa shape index (κ2) is 6.34. The van der Waals surface area contributed by atoms with Crippen LogP contribution in [0.1, 0.15) is 13.3 Å². The van der Waals surface area contributed by atoms with Gasteiger partial charge in [-0.05, 0) is 13.3 Å². The van der Waals surface area contributed by atoms with Gasteiger partial charge < -0.3 is 15.4 Å². The number of halogens is 2. The Morgan fingerprint density at radius 1 is 1.35 bits per heavy atom. The summed E-state index contributed by atoms with van der Waals surface area (Å²) < 4.78 is 31.5. The van der Waals surface area contributed by atoms with Crippen LogP contribution in [0.2, 0.25) is 0 Å². The third-order valence-corrected chi connectivity index (χ3v) is 2.30. The van der Waals surface area contributed by atoms with Gasteiger partial charge in [-0.25, -0.2) is 13.8 Å². The third-order valence-electron chi connectivity index (χ3n) is 2.30. The van der Waals surface area contributed by atoms with Crippen molar-refractivity contribution in [2.24, 2.45) is 0 Å². The van der Waals surface area contributed by atoms with Gasteiger partial charge in [-0.1, -0.05) is 0 Å². The molecular formula is C11H17F2N3O. The molecule has 2 N–H and O–H groups in total. The second-order valence-electron chi connectivity index (χ2n) is 3.73. The number of hydrogen-bond acceptors (Lipinski definition) is 4. The molecule has 0 saturated heterocycles. The van der Waals surface area contributed by atoms with Gasteiger partial charge in [-0.15, -0.1) is 0 Å². The molecule has 1 rings (SSSR count). The number of pyridine rings is 1. The van der Waals surface area contributed by atoms with Crippen molar-refractivity contribution >= 4 is 11.6 Å². The molecule has 0 amide bonds. The molecule has 0 saturated carbocycles. The van der Waals surface area contributed by atoms with Gasteiger partial charge in [0, 0.05) is 32.9 Å². The summed E-state index contributed by atoms with van der Waals surface area (Å²) in [6.07, 6.45) is 0.712. The lowest BCUT2D eigenvalue weighted by molar-refractivity contribution is 0.191. The highest BCUT2D eigenvalue weighted by molar-refractivity contribution is 5.47. The largest absolute Gasteiger partial charge is 0.385 e. The van der Waals surface area contributed by atoms with E-state index in [1.54, 1.807) is 7.11 Å². The molecule has 0 radical (unpaired) electrons. The zero-order valence-electron chi connectivity index (χ0n) is 10.2. The number of nitrogens with one attached hydrogen (secondary N) is 2. The van der Waals surface area contributed by atoms with Crippen LogP contribution in [0.5, 0.6) is 0 Å². The van der Waals surface area contributed by atoms with Crippen LogP contribution in [0.25, 0.3) is 0 Å². The quantitative estimate of drug-likeness (QED) is 0.807. The van der Waals surface area contributed by atoms with Crippen LogP contribution in [0.15, 0.2) is 6.07 Å². The molecule has 6 heteroatoms. The molecule has 0 bridgehead atoms. The topological polar surface area (TPSA) is 46.2 Å². The van der Waals surface area contributed by atoms with Gasteiger partial charge in [0.2, 0.25) is 0 Å². The Kier molecular flexibility index (Phi) is 5.09. The lowest BCUT2D eigenvalue weighted by Gasteiger charge is -2.15. The maximum Gasteiger partial charge on any atom is 0.168 e. The van der Waals surface area contributed by atoms with Gasteiger partial charge in [0.1, 0.15) is 0 Å². The van der Waals surface area contributed by atoms with Crippen LogP contribution >= 0.6 is 0 Å². The molecule has 0 aliphatic heterocycles. The van der Waals surface area contributed by atoms with E-state index in [0.717, 1.165) is 6.07 Å². The molecule has 1 heterocycles. The van der Waals surface area contributed by atoms with E-state index < -0.39 is 11.6 Å². The first-order chi connectivity index (χ1) is 8.08. The predicted molar refractivity (Wildman–Crippen MR) is 63.3 cm³/mol. The zero-order chi connectivity index (χ0) is 12.8. The molecule has 0 aliphatic rings. The van der Waals surface area contributed by atoms with Crippen LogP contribution in [0.3, 0.4) is 0 Å². The van der Waals surface area contributed by atoms with Crippen molar-refractivity contribution < 1.29 is 13.5 Å². The van der Waals surface area contributed by atoms with Crippen LogP contribution < -0.4 is 10.6 Å². The van der Waals surface area contributed by atoms with E-state index in [9.17, 15) is 8.78 Å². The highest BCUT2D eigenvalue weighted by atomic mass is 19.1. The summed E-state index contributed by atoms with van der Waals surface area (Å²) in [6.45, 7) is 2.44. The Morgan fingerprint density at radius 3 is 2.59 bits per heavy atom. The Hall–Kier alpha value is -1.43. The number of nitrogens with zero attached hydrogens (tertiary/aromatic N) is 1. The first kappa shape index (κ1) is 13.6. The average molecular weight is 245 g/mol. The van der Waals surface area contributed by atoms with Crippen molar-refractivity contribution in [2.45, 2.75) is 19.4 Å². The SMILES string of the molecule is CNc1nc(NC(C)CCOC)c(F)cc1F. The lowest BCUT2D eigenvalue weighted by atomic mass is 10.2. The molecule has 4 nitrogen and oxygen atoms in total. The Balaban J connectivity index is 2.76. The minimum absolute atomic E-state index is 0.00730. The highest BCUT2D eigenvalue weighted by Crippen LogP contribution is 2.19. The number of rotatable bonds is 6. The molecule has 17 heavy (non-hydrogen) atoms. The van der Waals surface area contributed by atoms with Gasteiger partial charge in [0.05, 0.1) is 0 Å². The molecule has 0 spiro atoms. The van der Waals surface area contributed by atoms with Crippen LogP contribution in [-0.4, -0.2) is 31.8 Å². The molecule has 1 aromatic heterocycles. The van der Waals surface area contributed by atoms with E-state index >= 15 is 0 Å². The van der Waals surface area contributed by atoms with E-state index in [0.29, 0.717) is 13.0 Å². The lowest BCUT2D eigenvalue weighted by Crippen LogP contribution is -2.19. The Labute approximate surface area is 99.4 Å². The molecule has 1 atom stereocenters. The monoisotopic (exact) mass is 245 g/mol. The third kappa shape index (κ3) is 3.81. The van der Waals surface area contributed by atoms with Gasteiger partial charge in [0.15, 0.2) is 23.3 Å². The highest BCUT2D eigenvalue weighted by Gasteiger charge is 2.12. The van der Waals surface area contributed by atoms with Crippen molar-refractivity contribution in [3.63, 3.8) is 0 Å².